The van der Waals surface area contributed by atoms with Crippen LogP contribution in [0, 0.1) is 5.82 Å². The molecule has 0 atom stereocenters. The van der Waals surface area contributed by atoms with Crippen molar-refractivity contribution in [1.82, 2.24) is 14.5 Å². The largest absolute Gasteiger partial charge is 0.321 e. The fraction of sp³-hybridized carbons (Fsp3) is 0.294. The Kier molecular flexibility index (Phi) is 3.15. The highest BCUT2D eigenvalue weighted by molar-refractivity contribution is 6.31. The molecule has 0 bridgehead atoms. The second-order valence-corrected chi connectivity index (χ2v) is 6.11. The van der Waals surface area contributed by atoms with Gasteiger partial charge in [0.15, 0.2) is 0 Å². The SMILES string of the molecule is CCc1c(F)cncc1-c1nc2ccc(Cl)cc2n1C1CC1. The van der Waals surface area contributed by atoms with E-state index in [-0.39, 0.29) is 5.82 Å². The summed E-state index contributed by atoms with van der Waals surface area (Å²) in [5, 5.41) is 0.689. The molecular formula is C17H15ClFN3. The lowest BCUT2D eigenvalue weighted by Gasteiger charge is -2.11. The van der Waals surface area contributed by atoms with Gasteiger partial charge in [0, 0.05) is 28.4 Å². The molecule has 1 fully saturated rings. The van der Waals surface area contributed by atoms with Gasteiger partial charge in [-0.05, 0) is 37.5 Å². The van der Waals surface area contributed by atoms with Gasteiger partial charge >= 0.3 is 0 Å². The van der Waals surface area contributed by atoms with Crippen LogP contribution in [-0.2, 0) is 6.42 Å². The van der Waals surface area contributed by atoms with E-state index in [4.69, 9.17) is 16.6 Å². The Morgan fingerprint density at radius 3 is 2.86 bits per heavy atom. The molecule has 0 spiro atoms. The summed E-state index contributed by atoms with van der Waals surface area (Å²) in [6.45, 7) is 1.95. The molecule has 2 aromatic heterocycles. The average Bonchev–Trinajstić information content (AvgIpc) is 3.27. The Morgan fingerprint density at radius 2 is 2.14 bits per heavy atom. The number of imidazole rings is 1. The average molecular weight is 316 g/mol. The quantitative estimate of drug-likeness (QED) is 0.696. The highest BCUT2D eigenvalue weighted by Crippen LogP contribution is 2.42. The molecule has 1 aliphatic rings. The van der Waals surface area contributed by atoms with E-state index in [0.717, 1.165) is 35.3 Å². The van der Waals surface area contributed by atoms with Gasteiger partial charge in [-0.2, -0.15) is 0 Å². The number of rotatable bonds is 3. The number of nitrogens with zero attached hydrogens (tertiary/aromatic N) is 3. The molecule has 0 amide bonds. The van der Waals surface area contributed by atoms with E-state index in [2.05, 4.69) is 9.55 Å². The van der Waals surface area contributed by atoms with Gasteiger partial charge < -0.3 is 4.57 Å². The second kappa shape index (κ2) is 5.06. The number of aromatic nitrogens is 3. The van der Waals surface area contributed by atoms with Crippen molar-refractivity contribution in [3.8, 4) is 11.4 Å². The summed E-state index contributed by atoms with van der Waals surface area (Å²) in [6.07, 6.45) is 5.83. The molecule has 1 aliphatic carbocycles. The first-order chi connectivity index (χ1) is 10.7. The monoisotopic (exact) mass is 315 g/mol. The molecule has 2 heterocycles. The molecule has 0 unspecified atom stereocenters. The normalized spacial score (nSPS) is 14.7. The molecule has 5 heteroatoms. The van der Waals surface area contributed by atoms with Crippen LogP contribution in [0.4, 0.5) is 4.39 Å². The third-order valence-corrected chi connectivity index (χ3v) is 4.40. The predicted molar refractivity (Wildman–Crippen MR) is 85.6 cm³/mol. The topological polar surface area (TPSA) is 30.7 Å². The Morgan fingerprint density at radius 1 is 1.32 bits per heavy atom. The molecule has 0 N–H and O–H groups in total. The standard InChI is InChI=1S/C17H15ClFN3/c1-2-12-13(8-20-9-14(12)19)17-21-15-6-3-10(18)7-16(15)22(17)11-4-5-11/h3,6-9,11H,2,4-5H2,1H3. The minimum absolute atomic E-state index is 0.271. The second-order valence-electron chi connectivity index (χ2n) is 5.67. The summed E-state index contributed by atoms with van der Waals surface area (Å²) in [4.78, 5) is 8.76. The van der Waals surface area contributed by atoms with Crippen LogP contribution in [0.15, 0.2) is 30.6 Å². The van der Waals surface area contributed by atoms with Crippen LogP contribution in [0.5, 0.6) is 0 Å². The lowest BCUT2D eigenvalue weighted by atomic mass is 10.1. The van der Waals surface area contributed by atoms with E-state index in [1.807, 2.05) is 25.1 Å². The third kappa shape index (κ3) is 2.10. The van der Waals surface area contributed by atoms with Crippen molar-refractivity contribution < 1.29 is 4.39 Å². The first-order valence-electron chi connectivity index (χ1n) is 7.49. The van der Waals surface area contributed by atoms with E-state index < -0.39 is 0 Å². The van der Waals surface area contributed by atoms with Crippen molar-refractivity contribution in [2.24, 2.45) is 0 Å². The lowest BCUT2D eigenvalue weighted by molar-refractivity contribution is 0.605. The van der Waals surface area contributed by atoms with Crippen molar-refractivity contribution in [3.63, 3.8) is 0 Å². The zero-order valence-electron chi connectivity index (χ0n) is 12.2. The van der Waals surface area contributed by atoms with Gasteiger partial charge in [-0.15, -0.1) is 0 Å². The highest BCUT2D eigenvalue weighted by atomic mass is 35.5. The van der Waals surface area contributed by atoms with Gasteiger partial charge in [-0.3, -0.25) is 4.98 Å². The van der Waals surface area contributed by atoms with E-state index >= 15 is 0 Å². The van der Waals surface area contributed by atoms with Crippen LogP contribution in [0.3, 0.4) is 0 Å². The third-order valence-electron chi connectivity index (χ3n) is 4.16. The number of fused-ring (bicyclic) bond motifs is 1. The maximum atomic E-state index is 14.1. The number of pyridine rings is 1. The zero-order valence-corrected chi connectivity index (χ0v) is 12.9. The predicted octanol–water partition coefficient (Wildman–Crippen LogP) is 4.79. The summed E-state index contributed by atoms with van der Waals surface area (Å²) in [6, 6.07) is 6.11. The van der Waals surface area contributed by atoms with Crippen molar-refractivity contribution in [2.45, 2.75) is 32.2 Å². The first kappa shape index (κ1) is 13.7. The Labute approximate surface area is 132 Å². The Bertz CT molecular complexity index is 868. The fourth-order valence-corrected chi connectivity index (χ4v) is 3.14. The molecule has 3 nitrogen and oxygen atoms in total. The van der Waals surface area contributed by atoms with Crippen molar-refractivity contribution in [2.75, 3.05) is 0 Å². The summed E-state index contributed by atoms with van der Waals surface area (Å²) in [5.41, 5.74) is 3.34. The molecular weight excluding hydrogens is 301 g/mol. The molecule has 0 radical (unpaired) electrons. The van der Waals surface area contributed by atoms with Gasteiger partial charge in [-0.25, -0.2) is 9.37 Å². The van der Waals surface area contributed by atoms with Crippen LogP contribution in [-0.4, -0.2) is 14.5 Å². The van der Waals surface area contributed by atoms with Crippen molar-refractivity contribution >= 4 is 22.6 Å². The van der Waals surface area contributed by atoms with E-state index in [9.17, 15) is 4.39 Å². The summed E-state index contributed by atoms with van der Waals surface area (Å²) >= 11 is 6.14. The maximum Gasteiger partial charge on any atom is 0.145 e. The Hall–Kier alpha value is -1.94. The number of hydrogen-bond acceptors (Lipinski definition) is 2. The van der Waals surface area contributed by atoms with Crippen LogP contribution < -0.4 is 0 Å². The smallest absolute Gasteiger partial charge is 0.145 e. The van der Waals surface area contributed by atoms with Crippen molar-refractivity contribution in [3.05, 3.63) is 47.0 Å². The molecule has 1 aromatic carbocycles. The molecule has 1 saturated carbocycles. The molecule has 0 aliphatic heterocycles. The number of halogens is 2. The van der Waals surface area contributed by atoms with Crippen LogP contribution in [0.1, 0.15) is 31.4 Å². The van der Waals surface area contributed by atoms with Crippen LogP contribution >= 0.6 is 11.6 Å². The number of hydrogen-bond donors (Lipinski definition) is 0. The van der Waals surface area contributed by atoms with E-state index in [1.54, 1.807) is 6.20 Å². The summed E-state index contributed by atoms with van der Waals surface area (Å²) in [7, 11) is 0. The van der Waals surface area contributed by atoms with Crippen LogP contribution in [0.25, 0.3) is 22.4 Å². The fourth-order valence-electron chi connectivity index (χ4n) is 2.97. The van der Waals surface area contributed by atoms with Gasteiger partial charge in [0.2, 0.25) is 0 Å². The van der Waals surface area contributed by atoms with Gasteiger partial charge in [0.05, 0.1) is 17.2 Å². The van der Waals surface area contributed by atoms with E-state index in [1.165, 1.54) is 6.20 Å². The molecule has 3 aromatic rings. The minimum atomic E-state index is -0.271. The van der Waals surface area contributed by atoms with Gasteiger partial charge in [-0.1, -0.05) is 18.5 Å². The van der Waals surface area contributed by atoms with Crippen LogP contribution in [0.2, 0.25) is 5.02 Å². The highest BCUT2D eigenvalue weighted by Gasteiger charge is 2.29. The van der Waals surface area contributed by atoms with Gasteiger partial charge in [0.1, 0.15) is 11.6 Å². The Balaban J connectivity index is 2.03. The minimum Gasteiger partial charge on any atom is -0.321 e. The first-order valence-corrected chi connectivity index (χ1v) is 7.87. The zero-order chi connectivity index (χ0) is 15.3. The molecule has 4 rings (SSSR count). The van der Waals surface area contributed by atoms with E-state index in [0.29, 0.717) is 23.0 Å². The van der Waals surface area contributed by atoms with Crippen molar-refractivity contribution in [1.29, 1.82) is 0 Å². The van der Waals surface area contributed by atoms with Gasteiger partial charge in [0.25, 0.3) is 0 Å². The molecule has 22 heavy (non-hydrogen) atoms. The molecule has 112 valence electrons. The lowest BCUT2D eigenvalue weighted by Crippen LogP contribution is -2.02. The maximum absolute atomic E-state index is 14.1. The number of benzene rings is 1. The molecule has 0 saturated heterocycles. The summed E-state index contributed by atoms with van der Waals surface area (Å²) in [5.74, 6) is 0.524. The summed E-state index contributed by atoms with van der Waals surface area (Å²) < 4.78 is 16.3.